The van der Waals surface area contributed by atoms with Crippen LogP contribution in [-0.2, 0) is 4.74 Å². The van der Waals surface area contributed by atoms with Crippen molar-refractivity contribution in [1.29, 1.82) is 0 Å². The molecule has 0 atom stereocenters. The normalized spacial score (nSPS) is 11.6. The number of rotatable bonds is 5. The summed E-state index contributed by atoms with van der Waals surface area (Å²) in [5.41, 5.74) is -0.192. The largest absolute Gasteiger partial charge is 0.382 e. The minimum Gasteiger partial charge on any atom is -0.382 e. The van der Waals surface area contributed by atoms with Gasteiger partial charge in [0.15, 0.2) is 5.16 Å². The van der Waals surface area contributed by atoms with Gasteiger partial charge >= 0.3 is 0 Å². The number of thioether (sulfide) groups is 1. The fourth-order valence-electron chi connectivity index (χ4n) is 1.30. The third-order valence-electron chi connectivity index (χ3n) is 1.83. The van der Waals surface area contributed by atoms with Crippen LogP contribution in [0.15, 0.2) is 11.2 Å². The maximum atomic E-state index is 5.90. The van der Waals surface area contributed by atoms with E-state index in [1.807, 2.05) is 20.1 Å². The molecule has 0 amide bonds. The summed E-state index contributed by atoms with van der Waals surface area (Å²) < 4.78 is 5.12. The van der Waals surface area contributed by atoms with Crippen LogP contribution >= 0.6 is 23.4 Å². The van der Waals surface area contributed by atoms with E-state index in [1.165, 1.54) is 11.8 Å². The van der Waals surface area contributed by atoms with Gasteiger partial charge in [-0.3, -0.25) is 0 Å². The van der Waals surface area contributed by atoms with Gasteiger partial charge in [0, 0.05) is 13.2 Å². The molecule has 4 nitrogen and oxygen atoms in total. The van der Waals surface area contributed by atoms with Crippen molar-refractivity contribution in [1.82, 2.24) is 9.97 Å². The lowest BCUT2D eigenvalue weighted by molar-refractivity contribution is 0.158. The molecule has 0 saturated heterocycles. The third kappa shape index (κ3) is 4.15. The Bertz CT molecular complexity index is 360. The molecule has 1 aromatic rings. The standard InChI is InChI=1S/C10H16ClN3OS/c1-10(2,6-15-3)14-8-5-7(11)12-9(13-8)16-4/h5H,6H2,1-4H3,(H,12,13,14). The highest BCUT2D eigenvalue weighted by Gasteiger charge is 2.18. The van der Waals surface area contributed by atoms with Crippen LogP contribution in [0.3, 0.4) is 0 Å². The Morgan fingerprint density at radius 3 is 2.75 bits per heavy atom. The number of nitrogens with one attached hydrogen (secondary N) is 1. The van der Waals surface area contributed by atoms with E-state index in [0.717, 1.165) is 0 Å². The van der Waals surface area contributed by atoms with Crippen molar-refractivity contribution in [3.63, 3.8) is 0 Å². The van der Waals surface area contributed by atoms with Gasteiger partial charge < -0.3 is 10.1 Å². The number of hydrogen-bond acceptors (Lipinski definition) is 5. The van der Waals surface area contributed by atoms with E-state index < -0.39 is 0 Å². The topological polar surface area (TPSA) is 47.0 Å². The molecule has 1 N–H and O–H groups in total. The van der Waals surface area contributed by atoms with Gasteiger partial charge in [0.1, 0.15) is 11.0 Å². The highest BCUT2D eigenvalue weighted by Crippen LogP contribution is 2.20. The lowest BCUT2D eigenvalue weighted by Gasteiger charge is -2.25. The fraction of sp³-hybridized carbons (Fsp3) is 0.600. The second-order valence-electron chi connectivity index (χ2n) is 4.00. The predicted octanol–water partition coefficient (Wildman–Crippen LogP) is 2.69. The number of ether oxygens (including phenoxy) is 1. The summed E-state index contributed by atoms with van der Waals surface area (Å²) in [5, 5.41) is 4.36. The van der Waals surface area contributed by atoms with Crippen molar-refractivity contribution in [3.05, 3.63) is 11.2 Å². The first-order valence-electron chi connectivity index (χ1n) is 4.82. The molecule has 0 radical (unpaired) electrons. The van der Waals surface area contributed by atoms with Gasteiger partial charge in [-0.05, 0) is 20.1 Å². The van der Waals surface area contributed by atoms with Crippen LogP contribution in [0.25, 0.3) is 0 Å². The van der Waals surface area contributed by atoms with Crippen LogP contribution in [0.1, 0.15) is 13.8 Å². The monoisotopic (exact) mass is 261 g/mol. The smallest absolute Gasteiger partial charge is 0.190 e. The van der Waals surface area contributed by atoms with E-state index in [9.17, 15) is 0 Å². The van der Waals surface area contributed by atoms with E-state index in [0.29, 0.717) is 22.7 Å². The molecule has 16 heavy (non-hydrogen) atoms. The van der Waals surface area contributed by atoms with Gasteiger partial charge in [-0.1, -0.05) is 23.4 Å². The number of aromatic nitrogens is 2. The minimum absolute atomic E-state index is 0.192. The molecule has 0 aromatic carbocycles. The number of hydrogen-bond donors (Lipinski definition) is 1. The lowest BCUT2D eigenvalue weighted by atomic mass is 10.1. The van der Waals surface area contributed by atoms with E-state index in [4.69, 9.17) is 16.3 Å². The Kier molecular flexibility index (Phi) is 4.83. The molecule has 0 spiro atoms. The molecule has 0 aliphatic heterocycles. The highest BCUT2D eigenvalue weighted by atomic mass is 35.5. The van der Waals surface area contributed by atoms with E-state index in [1.54, 1.807) is 13.2 Å². The molecule has 0 aliphatic rings. The van der Waals surface area contributed by atoms with Gasteiger partial charge in [0.2, 0.25) is 0 Å². The van der Waals surface area contributed by atoms with Gasteiger partial charge in [-0.25, -0.2) is 9.97 Å². The van der Waals surface area contributed by atoms with Crippen molar-refractivity contribution < 1.29 is 4.74 Å². The van der Waals surface area contributed by atoms with Gasteiger partial charge in [0.05, 0.1) is 12.1 Å². The van der Waals surface area contributed by atoms with Gasteiger partial charge in [0.25, 0.3) is 0 Å². The molecule has 1 heterocycles. The Morgan fingerprint density at radius 2 is 2.19 bits per heavy atom. The van der Waals surface area contributed by atoms with E-state index in [2.05, 4.69) is 15.3 Å². The number of nitrogens with zero attached hydrogens (tertiary/aromatic N) is 2. The summed E-state index contributed by atoms with van der Waals surface area (Å²) in [6.45, 7) is 4.65. The summed E-state index contributed by atoms with van der Waals surface area (Å²) in [7, 11) is 1.67. The van der Waals surface area contributed by atoms with Crippen molar-refractivity contribution in [2.24, 2.45) is 0 Å². The summed E-state index contributed by atoms with van der Waals surface area (Å²) in [5.74, 6) is 0.714. The van der Waals surface area contributed by atoms with E-state index in [-0.39, 0.29) is 5.54 Å². The Labute approximate surface area is 105 Å². The molecule has 0 unspecified atom stereocenters. The molecule has 6 heteroatoms. The maximum absolute atomic E-state index is 5.90. The first kappa shape index (κ1) is 13.5. The van der Waals surface area contributed by atoms with Gasteiger partial charge in [-0.2, -0.15) is 0 Å². The molecule has 0 bridgehead atoms. The van der Waals surface area contributed by atoms with Crippen molar-refractivity contribution in [2.45, 2.75) is 24.5 Å². The molecule has 0 aliphatic carbocycles. The fourth-order valence-corrected chi connectivity index (χ4v) is 1.91. The summed E-state index contributed by atoms with van der Waals surface area (Å²) >= 11 is 7.36. The Hall–Kier alpha value is -0.520. The second kappa shape index (κ2) is 5.70. The highest BCUT2D eigenvalue weighted by molar-refractivity contribution is 7.98. The predicted molar refractivity (Wildman–Crippen MR) is 68.4 cm³/mol. The maximum Gasteiger partial charge on any atom is 0.190 e. The van der Waals surface area contributed by atoms with Crippen LogP contribution in [0, 0.1) is 0 Å². The summed E-state index contributed by atoms with van der Waals surface area (Å²) in [4.78, 5) is 8.39. The molecular formula is C10H16ClN3OS. The molecule has 1 aromatic heterocycles. The number of halogens is 1. The first-order valence-corrected chi connectivity index (χ1v) is 6.43. The average molecular weight is 262 g/mol. The molecular weight excluding hydrogens is 246 g/mol. The average Bonchev–Trinajstić information content (AvgIpc) is 2.15. The second-order valence-corrected chi connectivity index (χ2v) is 5.17. The zero-order valence-corrected chi connectivity index (χ0v) is 11.4. The van der Waals surface area contributed by atoms with Crippen molar-refractivity contribution in [3.8, 4) is 0 Å². The van der Waals surface area contributed by atoms with E-state index >= 15 is 0 Å². The van der Waals surface area contributed by atoms with Crippen LogP contribution in [0.2, 0.25) is 5.15 Å². The van der Waals surface area contributed by atoms with Crippen LogP contribution in [0.4, 0.5) is 5.82 Å². The van der Waals surface area contributed by atoms with Crippen LogP contribution in [-0.4, -0.2) is 35.5 Å². The quantitative estimate of drug-likeness (QED) is 0.502. The zero-order chi connectivity index (χ0) is 12.2. The van der Waals surface area contributed by atoms with Crippen LogP contribution < -0.4 is 5.32 Å². The summed E-state index contributed by atoms with van der Waals surface area (Å²) in [6.07, 6.45) is 1.91. The molecule has 90 valence electrons. The number of methoxy groups -OCH3 is 1. The first-order chi connectivity index (χ1) is 7.46. The SMILES string of the molecule is COCC(C)(C)Nc1cc(Cl)nc(SC)n1. The van der Waals surface area contributed by atoms with Crippen molar-refractivity contribution in [2.75, 3.05) is 25.3 Å². The Morgan fingerprint density at radius 1 is 1.50 bits per heavy atom. The van der Waals surface area contributed by atoms with Crippen LogP contribution in [0.5, 0.6) is 0 Å². The van der Waals surface area contributed by atoms with Gasteiger partial charge in [-0.15, -0.1) is 0 Å². The third-order valence-corrected chi connectivity index (χ3v) is 2.57. The lowest BCUT2D eigenvalue weighted by Crippen LogP contribution is -2.36. The molecule has 0 fully saturated rings. The molecule has 0 saturated carbocycles. The Balaban J connectivity index is 2.84. The number of anilines is 1. The minimum atomic E-state index is -0.192. The summed E-state index contributed by atoms with van der Waals surface area (Å²) in [6, 6.07) is 1.71. The molecule has 1 rings (SSSR count). The zero-order valence-electron chi connectivity index (χ0n) is 9.87. The van der Waals surface area contributed by atoms with Crippen molar-refractivity contribution >= 4 is 29.2 Å².